The van der Waals surface area contributed by atoms with Gasteiger partial charge in [0, 0.05) is 13.0 Å². The van der Waals surface area contributed by atoms with Gasteiger partial charge in [0.2, 0.25) is 0 Å². The maximum atomic E-state index is 10.7. The first-order chi connectivity index (χ1) is 11.6. The number of fused-ring (bicyclic) bond motifs is 2. The number of nitrogens with zero attached hydrogens (tertiary/aromatic N) is 4. The number of benzene rings is 1. The minimum atomic E-state index is -0.785. The number of aryl methyl sites for hydroxylation is 2. The van der Waals surface area contributed by atoms with Gasteiger partial charge in [0.25, 0.3) is 0 Å². The van der Waals surface area contributed by atoms with E-state index in [2.05, 4.69) is 35.1 Å². The van der Waals surface area contributed by atoms with Crippen LogP contribution < -0.4 is 4.90 Å². The van der Waals surface area contributed by atoms with Crippen molar-refractivity contribution in [2.75, 3.05) is 11.4 Å². The number of aromatic nitrogens is 3. The molecule has 1 aromatic carbocycles. The summed E-state index contributed by atoms with van der Waals surface area (Å²) in [7, 11) is 0. The van der Waals surface area contributed by atoms with Crippen LogP contribution in [0.3, 0.4) is 0 Å². The van der Waals surface area contributed by atoms with E-state index in [0.717, 1.165) is 41.7 Å². The smallest absolute Gasteiger partial charge is 0.303 e. The molecule has 7 heteroatoms. The Balaban J connectivity index is 1.55. The Hall–Kier alpha value is -2.41. The van der Waals surface area contributed by atoms with Crippen LogP contribution in [0.25, 0.3) is 10.2 Å². The van der Waals surface area contributed by atoms with Crippen LogP contribution in [-0.4, -0.2) is 32.4 Å². The molecule has 124 valence electrons. The van der Waals surface area contributed by atoms with Crippen molar-refractivity contribution in [3.63, 3.8) is 0 Å². The highest BCUT2D eigenvalue weighted by molar-refractivity contribution is 7.22. The highest BCUT2D eigenvalue weighted by Crippen LogP contribution is 2.31. The number of carbonyl (C=O) groups is 1. The van der Waals surface area contributed by atoms with E-state index in [1.807, 2.05) is 10.7 Å². The standard InChI is InChI=1S/C17H18N4O2S/c1-11-2-4-14-15(8-11)24-17(18-14)20-6-7-21-13(10-20)9-12(19-21)3-5-16(22)23/h2,4,8-9H,3,5-7,10H2,1H3,(H,22,23). The van der Waals surface area contributed by atoms with Crippen molar-refractivity contribution in [2.45, 2.75) is 32.9 Å². The lowest BCUT2D eigenvalue weighted by Crippen LogP contribution is -2.33. The maximum absolute atomic E-state index is 10.7. The molecule has 3 heterocycles. The minimum Gasteiger partial charge on any atom is -0.481 e. The number of carboxylic acid groups (broad SMARTS) is 1. The molecule has 6 nitrogen and oxygen atoms in total. The summed E-state index contributed by atoms with van der Waals surface area (Å²) < 4.78 is 3.21. The number of carboxylic acids is 1. The second kappa shape index (κ2) is 5.90. The van der Waals surface area contributed by atoms with E-state index >= 15 is 0 Å². The summed E-state index contributed by atoms with van der Waals surface area (Å²) in [6, 6.07) is 8.36. The Morgan fingerprint density at radius 2 is 2.21 bits per heavy atom. The van der Waals surface area contributed by atoms with E-state index in [1.54, 1.807) is 11.3 Å². The lowest BCUT2D eigenvalue weighted by atomic mass is 10.2. The quantitative estimate of drug-likeness (QED) is 0.789. The SMILES string of the molecule is Cc1ccc2nc(N3CCn4nc(CCC(=O)O)cc4C3)sc2c1. The minimum absolute atomic E-state index is 0.122. The Morgan fingerprint density at radius 1 is 1.33 bits per heavy atom. The Bertz CT molecular complexity index is 915. The molecular formula is C17H18N4O2S. The molecule has 0 fully saturated rings. The molecule has 0 unspecified atom stereocenters. The van der Waals surface area contributed by atoms with Crippen LogP contribution in [0, 0.1) is 6.92 Å². The van der Waals surface area contributed by atoms with Crippen LogP contribution in [0.5, 0.6) is 0 Å². The number of anilines is 1. The third-order valence-electron chi connectivity index (χ3n) is 4.25. The topological polar surface area (TPSA) is 71.2 Å². The van der Waals surface area contributed by atoms with Crippen molar-refractivity contribution >= 4 is 32.7 Å². The molecular weight excluding hydrogens is 324 g/mol. The van der Waals surface area contributed by atoms with Crippen LogP contribution >= 0.6 is 11.3 Å². The maximum Gasteiger partial charge on any atom is 0.303 e. The van der Waals surface area contributed by atoms with Crippen molar-refractivity contribution in [1.82, 2.24) is 14.8 Å². The fraction of sp³-hybridized carbons (Fsp3) is 0.353. The fourth-order valence-corrected chi connectivity index (χ4v) is 4.09. The molecule has 0 aliphatic carbocycles. The Morgan fingerprint density at radius 3 is 3.04 bits per heavy atom. The van der Waals surface area contributed by atoms with Crippen LogP contribution in [0.4, 0.5) is 5.13 Å². The number of hydrogen-bond acceptors (Lipinski definition) is 5. The van der Waals surface area contributed by atoms with Gasteiger partial charge in [0.15, 0.2) is 5.13 Å². The largest absolute Gasteiger partial charge is 0.481 e. The molecule has 4 rings (SSSR count). The van der Waals surface area contributed by atoms with E-state index in [0.29, 0.717) is 6.42 Å². The summed E-state index contributed by atoms with van der Waals surface area (Å²) in [6.07, 6.45) is 0.604. The molecule has 0 saturated carbocycles. The van der Waals surface area contributed by atoms with E-state index in [-0.39, 0.29) is 6.42 Å². The fourth-order valence-electron chi connectivity index (χ4n) is 3.00. The van der Waals surface area contributed by atoms with Gasteiger partial charge in [0.05, 0.1) is 41.1 Å². The van der Waals surface area contributed by atoms with E-state index in [9.17, 15) is 4.79 Å². The molecule has 0 amide bonds. The second-order valence-electron chi connectivity index (χ2n) is 6.13. The number of thiazole rings is 1. The average Bonchev–Trinajstić information content (AvgIpc) is 3.14. The summed E-state index contributed by atoms with van der Waals surface area (Å²) in [6.45, 7) is 4.53. The van der Waals surface area contributed by atoms with Gasteiger partial charge in [0.1, 0.15) is 0 Å². The number of rotatable bonds is 4. The number of hydrogen-bond donors (Lipinski definition) is 1. The van der Waals surface area contributed by atoms with Crippen LogP contribution in [0.15, 0.2) is 24.3 Å². The van der Waals surface area contributed by atoms with Gasteiger partial charge in [-0.3, -0.25) is 9.48 Å². The van der Waals surface area contributed by atoms with Crippen LogP contribution in [0.2, 0.25) is 0 Å². The van der Waals surface area contributed by atoms with Crippen molar-refractivity contribution < 1.29 is 9.90 Å². The highest BCUT2D eigenvalue weighted by Gasteiger charge is 2.21. The molecule has 24 heavy (non-hydrogen) atoms. The zero-order valence-electron chi connectivity index (χ0n) is 13.4. The van der Waals surface area contributed by atoms with E-state index in [4.69, 9.17) is 10.1 Å². The highest BCUT2D eigenvalue weighted by atomic mass is 32.1. The summed E-state index contributed by atoms with van der Waals surface area (Å²) in [5.41, 5.74) is 4.27. The first kappa shape index (κ1) is 15.1. The molecule has 1 aliphatic heterocycles. The van der Waals surface area contributed by atoms with Crippen molar-refractivity contribution in [3.05, 3.63) is 41.2 Å². The Kier molecular flexibility index (Phi) is 3.72. The molecule has 3 aromatic rings. The first-order valence-electron chi connectivity index (χ1n) is 7.98. The van der Waals surface area contributed by atoms with Crippen LogP contribution in [-0.2, 0) is 24.3 Å². The molecule has 0 radical (unpaired) electrons. The molecule has 0 saturated heterocycles. The predicted octanol–water partition coefficient (Wildman–Crippen LogP) is 2.84. The van der Waals surface area contributed by atoms with Gasteiger partial charge < -0.3 is 10.0 Å². The number of aliphatic carboxylic acids is 1. The van der Waals surface area contributed by atoms with Gasteiger partial charge in [-0.2, -0.15) is 5.10 Å². The first-order valence-corrected chi connectivity index (χ1v) is 8.80. The second-order valence-corrected chi connectivity index (χ2v) is 7.14. The third-order valence-corrected chi connectivity index (χ3v) is 5.33. The van der Waals surface area contributed by atoms with Crippen LogP contribution in [0.1, 0.15) is 23.4 Å². The van der Waals surface area contributed by atoms with E-state index < -0.39 is 5.97 Å². The van der Waals surface area contributed by atoms with Crippen molar-refractivity contribution in [2.24, 2.45) is 0 Å². The van der Waals surface area contributed by atoms with Gasteiger partial charge in [-0.25, -0.2) is 4.98 Å². The average molecular weight is 342 g/mol. The van der Waals surface area contributed by atoms with E-state index in [1.165, 1.54) is 10.3 Å². The molecule has 1 aliphatic rings. The van der Waals surface area contributed by atoms with Gasteiger partial charge in [-0.05, 0) is 30.7 Å². The lowest BCUT2D eigenvalue weighted by molar-refractivity contribution is -0.136. The third kappa shape index (κ3) is 2.87. The molecule has 0 atom stereocenters. The molecule has 0 spiro atoms. The Labute approximate surface area is 143 Å². The summed E-state index contributed by atoms with van der Waals surface area (Å²) in [4.78, 5) is 17.7. The molecule has 2 aromatic heterocycles. The molecule has 0 bridgehead atoms. The predicted molar refractivity (Wildman–Crippen MR) is 93.6 cm³/mol. The summed E-state index contributed by atoms with van der Waals surface area (Å²) in [5.74, 6) is -0.785. The lowest BCUT2D eigenvalue weighted by Gasteiger charge is -2.27. The normalized spacial score (nSPS) is 14.1. The molecule has 1 N–H and O–H groups in total. The summed E-state index contributed by atoms with van der Waals surface area (Å²) >= 11 is 1.72. The van der Waals surface area contributed by atoms with Gasteiger partial charge in [-0.1, -0.05) is 17.4 Å². The summed E-state index contributed by atoms with van der Waals surface area (Å²) in [5, 5.41) is 14.4. The zero-order chi connectivity index (χ0) is 16.7. The van der Waals surface area contributed by atoms with Gasteiger partial charge in [-0.15, -0.1) is 0 Å². The van der Waals surface area contributed by atoms with Crippen molar-refractivity contribution in [3.8, 4) is 0 Å². The zero-order valence-corrected chi connectivity index (χ0v) is 14.2. The van der Waals surface area contributed by atoms with Gasteiger partial charge >= 0.3 is 5.97 Å². The monoisotopic (exact) mass is 342 g/mol. The van der Waals surface area contributed by atoms with Crippen molar-refractivity contribution in [1.29, 1.82) is 0 Å².